The summed E-state index contributed by atoms with van der Waals surface area (Å²) < 4.78 is 50.5. The second kappa shape index (κ2) is 4.72. The van der Waals surface area contributed by atoms with Crippen LogP contribution in [0.2, 0.25) is 0 Å². The summed E-state index contributed by atoms with van der Waals surface area (Å²) in [6.07, 6.45) is -2.83. The van der Waals surface area contributed by atoms with Gasteiger partial charge in [0.1, 0.15) is 0 Å². The number of halogens is 4. The zero-order valence-corrected chi connectivity index (χ0v) is 9.80. The van der Waals surface area contributed by atoms with Gasteiger partial charge in [-0.15, -0.1) is 0 Å². The molecule has 0 aromatic rings. The maximum absolute atomic E-state index is 13.1. The zero-order valence-electron chi connectivity index (χ0n) is 9.80. The second-order valence-electron chi connectivity index (χ2n) is 5.05. The fourth-order valence-corrected chi connectivity index (χ4v) is 3.19. The molecule has 0 bridgehead atoms. The highest BCUT2D eigenvalue weighted by Gasteiger charge is 2.49. The molecule has 0 saturated carbocycles. The van der Waals surface area contributed by atoms with E-state index >= 15 is 0 Å². The van der Waals surface area contributed by atoms with Gasteiger partial charge in [-0.05, 0) is 31.3 Å². The molecule has 2 fully saturated rings. The summed E-state index contributed by atoms with van der Waals surface area (Å²) in [4.78, 5) is 1.56. The van der Waals surface area contributed by atoms with Crippen LogP contribution in [-0.4, -0.2) is 49.5 Å². The lowest BCUT2D eigenvalue weighted by molar-refractivity contribution is -0.144. The number of nitrogens with one attached hydrogen (secondary N) is 1. The molecule has 17 heavy (non-hydrogen) atoms. The highest BCUT2D eigenvalue weighted by molar-refractivity contribution is 4.99. The van der Waals surface area contributed by atoms with Crippen LogP contribution in [0.1, 0.15) is 13.3 Å². The van der Waals surface area contributed by atoms with Crippen LogP contribution in [0.25, 0.3) is 0 Å². The summed E-state index contributed by atoms with van der Waals surface area (Å²) in [6, 6.07) is 0.0135. The normalized spacial score (nSPS) is 34.6. The lowest BCUT2D eigenvalue weighted by Gasteiger charge is -2.29. The van der Waals surface area contributed by atoms with E-state index in [1.54, 1.807) is 4.90 Å². The number of likely N-dealkylation sites (tertiary alicyclic amines) is 1. The number of alkyl halides is 4. The highest BCUT2D eigenvalue weighted by Crippen LogP contribution is 2.36. The van der Waals surface area contributed by atoms with Gasteiger partial charge in [0.2, 0.25) is 0 Å². The lowest BCUT2D eigenvalue weighted by Crippen LogP contribution is -2.45. The molecule has 2 nitrogen and oxygen atoms in total. The van der Waals surface area contributed by atoms with E-state index in [9.17, 15) is 17.6 Å². The summed E-state index contributed by atoms with van der Waals surface area (Å²) in [5.41, 5.74) is 0. The molecule has 0 radical (unpaired) electrons. The third-order valence-corrected chi connectivity index (χ3v) is 3.98. The molecule has 0 amide bonds. The predicted octanol–water partition coefficient (Wildman–Crippen LogP) is 1.82. The summed E-state index contributed by atoms with van der Waals surface area (Å²) in [5, 5.41) is 3.23. The molecule has 0 aromatic carbocycles. The van der Waals surface area contributed by atoms with Crippen molar-refractivity contribution in [3.05, 3.63) is 0 Å². The van der Waals surface area contributed by atoms with Gasteiger partial charge in [-0.2, -0.15) is 8.78 Å². The zero-order chi connectivity index (χ0) is 12.6. The van der Waals surface area contributed by atoms with E-state index in [1.165, 1.54) is 0 Å². The lowest BCUT2D eigenvalue weighted by atomic mass is 9.93. The Labute approximate surface area is 98.3 Å². The van der Waals surface area contributed by atoms with Crippen molar-refractivity contribution in [2.45, 2.75) is 31.7 Å². The smallest absolute Gasteiger partial charge is 0.316 e. The molecular weight excluding hydrogens is 236 g/mol. The van der Waals surface area contributed by atoms with Crippen LogP contribution in [0.4, 0.5) is 17.6 Å². The van der Waals surface area contributed by atoms with E-state index in [0.717, 1.165) is 19.5 Å². The molecule has 3 atom stereocenters. The minimum Gasteiger partial charge on any atom is -0.316 e. The maximum Gasteiger partial charge on any atom is 0.319 e. The van der Waals surface area contributed by atoms with Crippen LogP contribution in [0.3, 0.4) is 0 Å². The standard InChI is InChI=1S/C11H18F4N2/c1-2-9-8-4-16-3-7(8)5-17(9)6-11(14,15)10(12)13/h7-10,16H,2-6H2,1H3. The average Bonchev–Trinajstić information content (AvgIpc) is 2.76. The fourth-order valence-electron chi connectivity index (χ4n) is 3.19. The van der Waals surface area contributed by atoms with Crippen molar-refractivity contribution in [2.24, 2.45) is 11.8 Å². The molecule has 6 heteroatoms. The van der Waals surface area contributed by atoms with Crippen molar-refractivity contribution in [3.8, 4) is 0 Å². The summed E-state index contributed by atoms with van der Waals surface area (Å²) >= 11 is 0. The van der Waals surface area contributed by atoms with Crippen LogP contribution in [0.15, 0.2) is 0 Å². The Morgan fingerprint density at radius 1 is 1.35 bits per heavy atom. The van der Waals surface area contributed by atoms with Crippen LogP contribution >= 0.6 is 0 Å². The Morgan fingerprint density at radius 3 is 2.65 bits per heavy atom. The number of hydrogen-bond acceptors (Lipinski definition) is 2. The number of hydrogen-bond donors (Lipinski definition) is 1. The monoisotopic (exact) mass is 254 g/mol. The second-order valence-corrected chi connectivity index (χ2v) is 5.05. The van der Waals surface area contributed by atoms with Crippen molar-refractivity contribution < 1.29 is 17.6 Å². The van der Waals surface area contributed by atoms with E-state index < -0.39 is 18.9 Å². The first-order valence-corrected chi connectivity index (χ1v) is 6.06. The van der Waals surface area contributed by atoms with E-state index in [2.05, 4.69) is 5.32 Å². The molecule has 3 unspecified atom stereocenters. The Morgan fingerprint density at radius 2 is 2.06 bits per heavy atom. The Bertz CT molecular complexity index is 272. The van der Waals surface area contributed by atoms with E-state index in [0.29, 0.717) is 18.4 Å². The van der Waals surface area contributed by atoms with Crippen molar-refractivity contribution in [2.75, 3.05) is 26.2 Å². The van der Waals surface area contributed by atoms with Gasteiger partial charge >= 0.3 is 12.3 Å². The third-order valence-electron chi connectivity index (χ3n) is 3.98. The van der Waals surface area contributed by atoms with Gasteiger partial charge < -0.3 is 5.32 Å². The molecule has 2 heterocycles. The van der Waals surface area contributed by atoms with Gasteiger partial charge in [0, 0.05) is 12.6 Å². The molecule has 0 aliphatic carbocycles. The van der Waals surface area contributed by atoms with Crippen molar-refractivity contribution in [1.29, 1.82) is 0 Å². The quantitative estimate of drug-likeness (QED) is 0.770. The van der Waals surface area contributed by atoms with E-state index in [1.807, 2.05) is 6.92 Å². The average molecular weight is 254 g/mol. The van der Waals surface area contributed by atoms with Gasteiger partial charge in [-0.3, -0.25) is 4.90 Å². The first-order valence-electron chi connectivity index (χ1n) is 6.06. The van der Waals surface area contributed by atoms with Crippen LogP contribution in [0.5, 0.6) is 0 Å². The van der Waals surface area contributed by atoms with Gasteiger partial charge in [-0.25, -0.2) is 8.78 Å². The van der Waals surface area contributed by atoms with Gasteiger partial charge in [-0.1, -0.05) is 6.92 Å². The van der Waals surface area contributed by atoms with Gasteiger partial charge in [0.05, 0.1) is 6.54 Å². The van der Waals surface area contributed by atoms with Crippen LogP contribution < -0.4 is 5.32 Å². The predicted molar refractivity (Wildman–Crippen MR) is 56.5 cm³/mol. The molecule has 0 aromatic heterocycles. The molecule has 2 saturated heterocycles. The van der Waals surface area contributed by atoms with Crippen LogP contribution in [0, 0.1) is 11.8 Å². The summed E-state index contributed by atoms with van der Waals surface area (Å²) in [6.45, 7) is 3.27. The topological polar surface area (TPSA) is 15.3 Å². The van der Waals surface area contributed by atoms with E-state index in [4.69, 9.17) is 0 Å². The minimum absolute atomic E-state index is 0.0135. The molecule has 2 aliphatic heterocycles. The molecule has 0 spiro atoms. The highest BCUT2D eigenvalue weighted by atomic mass is 19.3. The van der Waals surface area contributed by atoms with Gasteiger partial charge in [0.25, 0.3) is 0 Å². The minimum atomic E-state index is -3.89. The Hall–Kier alpha value is -0.360. The largest absolute Gasteiger partial charge is 0.319 e. The molecular formula is C11H18F4N2. The Kier molecular flexibility index (Phi) is 3.63. The number of fused-ring (bicyclic) bond motifs is 1. The van der Waals surface area contributed by atoms with Crippen molar-refractivity contribution in [1.82, 2.24) is 10.2 Å². The first kappa shape index (κ1) is 13.1. The molecule has 2 aliphatic rings. The van der Waals surface area contributed by atoms with Gasteiger partial charge in [0.15, 0.2) is 0 Å². The van der Waals surface area contributed by atoms with Crippen molar-refractivity contribution in [3.63, 3.8) is 0 Å². The molecule has 100 valence electrons. The maximum atomic E-state index is 13.1. The Balaban J connectivity index is 2.02. The number of nitrogens with zero attached hydrogens (tertiary/aromatic N) is 1. The third kappa shape index (κ3) is 2.42. The SMILES string of the molecule is CCC1C2CNCC2CN1CC(F)(F)C(F)F. The van der Waals surface area contributed by atoms with Crippen molar-refractivity contribution >= 4 is 0 Å². The van der Waals surface area contributed by atoms with E-state index in [-0.39, 0.29) is 6.04 Å². The fraction of sp³-hybridized carbons (Fsp3) is 1.00. The first-order chi connectivity index (χ1) is 7.95. The summed E-state index contributed by atoms with van der Waals surface area (Å²) in [5.74, 6) is -3.21. The number of rotatable bonds is 4. The molecule has 1 N–H and O–H groups in total. The molecule has 2 rings (SSSR count). The summed E-state index contributed by atoms with van der Waals surface area (Å²) in [7, 11) is 0. The van der Waals surface area contributed by atoms with Crippen LogP contribution in [-0.2, 0) is 0 Å².